The van der Waals surface area contributed by atoms with Crippen LogP contribution in [0.1, 0.15) is 24.8 Å². The number of nitrogens with one attached hydrogen (secondary N) is 1. The number of hydrogen-bond donors (Lipinski definition) is 2. The van der Waals surface area contributed by atoms with E-state index in [2.05, 4.69) is 34.1 Å². The fourth-order valence-electron chi connectivity index (χ4n) is 3.72. The van der Waals surface area contributed by atoms with E-state index >= 15 is 0 Å². The molecule has 4 rings (SSSR count). The van der Waals surface area contributed by atoms with Gasteiger partial charge >= 0.3 is 0 Å². The summed E-state index contributed by atoms with van der Waals surface area (Å²) < 4.78 is 5.82. The van der Waals surface area contributed by atoms with Gasteiger partial charge in [0, 0.05) is 24.8 Å². The number of rotatable bonds is 5. The number of para-hydroxylation sites is 1. The standard InChI is InChI=1S/C22H26N2O2/c25-22(17-26-20-5-2-1-3-6-20)10-4-13-24(14-11-22)16-18-7-8-19-9-12-23-21(19)15-18/h1-3,5-9,12,15,23,25H,4,10-11,13-14,16-17H2. The van der Waals surface area contributed by atoms with Gasteiger partial charge in [0.2, 0.25) is 0 Å². The Morgan fingerprint density at radius 2 is 1.92 bits per heavy atom. The van der Waals surface area contributed by atoms with Crippen molar-refractivity contribution < 1.29 is 9.84 Å². The summed E-state index contributed by atoms with van der Waals surface area (Å²) in [5.74, 6) is 0.821. The number of ether oxygens (including phenoxy) is 1. The van der Waals surface area contributed by atoms with Gasteiger partial charge in [0.05, 0.1) is 5.60 Å². The molecule has 136 valence electrons. The highest BCUT2D eigenvalue weighted by molar-refractivity contribution is 5.79. The zero-order valence-corrected chi connectivity index (χ0v) is 15.0. The van der Waals surface area contributed by atoms with Gasteiger partial charge in [-0.25, -0.2) is 0 Å². The van der Waals surface area contributed by atoms with Gasteiger partial charge in [-0.1, -0.05) is 30.3 Å². The Hall–Kier alpha value is -2.30. The zero-order valence-electron chi connectivity index (χ0n) is 15.0. The van der Waals surface area contributed by atoms with Gasteiger partial charge in [0.15, 0.2) is 0 Å². The summed E-state index contributed by atoms with van der Waals surface area (Å²) in [6.45, 7) is 3.18. The van der Waals surface area contributed by atoms with Crippen LogP contribution in [0.25, 0.3) is 10.9 Å². The van der Waals surface area contributed by atoms with E-state index in [1.165, 1.54) is 16.5 Å². The van der Waals surface area contributed by atoms with E-state index < -0.39 is 5.60 Å². The van der Waals surface area contributed by atoms with Crippen LogP contribution in [0.4, 0.5) is 0 Å². The first-order chi connectivity index (χ1) is 12.7. The van der Waals surface area contributed by atoms with Crippen molar-refractivity contribution in [2.24, 2.45) is 0 Å². The number of hydrogen-bond acceptors (Lipinski definition) is 3. The molecule has 0 bridgehead atoms. The minimum atomic E-state index is -0.742. The van der Waals surface area contributed by atoms with Crippen LogP contribution in [0.5, 0.6) is 5.75 Å². The van der Waals surface area contributed by atoms with E-state index in [1.54, 1.807) is 0 Å². The first-order valence-electron chi connectivity index (χ1n) is 9.39. The van der Waals surface area contributed by atoms with E-state index in [9.17, 15) is 5.11 Å². The molecule has 1 fully saturated rings. The van der Waals surface area contributed by atoms with Crippen molar-refractivity contribution in [1.82, 2.24) is 9.88 Å². The van der Waals surface area contributed by atoms with E-state index in [1.807, 2.05) is 36.5 Å². The predicted octanol–water partition coefficient (Wildman–Crippen LogP) is 3.96. The Morgan fingerprint density at radius 1 is 1.04 bits per heavy atom. The summed E-state index contributed by atoms with van der Waals surface area (Å²) in [4.78, 5) is 5.71. The average molecular weight is 350 g/mol. The molecule has 0 saturated carbocycles. The van der Waals surface area contributed by atoms with Crippen LogP contribution >= 0.6 is 0 Å². The van der Waals surface area contributed by atoms with Crippen LogP contribution in [0, 0.1) is 0 Å². The molecule has 1 atom stereocenters. The molecule has 1 saturated heterocycles. The topological polar surface area (TPSA) is 48.5 Å². The molecule has 2 N–H and O–H groups in total. The van der Waals surface area contributed by atoms with E-state index in [0.29, 0.717) is 6.61 Å². The molecule has 26 heavy (non-hydrogen) atoms. The molecule has 2 heterocycles. The van der Waals surface area contributed by atoms with E-state index in [4.69, 9.17) is 4.74 Å². The fourth-order valence-corrected chi connectivity index (χ4v) is 3.72. The molecular formula is C22H26N2O2. The summed E-state index contributed by atoms with van der Waals surface area (Å²) >= 11 is 0. The predicted molar refractivity (Wildman–Crippen MR) is 104 cm³/mol. The van der Waals surface area contributed by atoms with E-state index in [-0.39, 0.29) is 0 Å². The maximum absolute atomic E-state index is 11.0. The van der Waals surface area contributed by atoms with Gasteiger partial charge in [-0.15, -0.1) is 0 Å². The normalized spacial score (nSPS) is 21.6. The lowest BCUT2D eigenvalue weighted by Gasteiger charge is -2.27. The van der Waals surface area contributed by atoms with Crippen molar-refractivity contribution in [2.75, 3.05) is 19.7 Å². The molecule has 0 radical (unpaired) electrons. The molecule has 1 aliphatic heterocycles. The van der Waals surface area contributed by atoms with Crippen molar-refractivity contribution in [3.8, 4) is 5.75 Å². The Bertz CT molecular complexity index is 845. The van der Waals surface area contributed by atoms with Crippen molar-refractivity contribution in [3.63, 3.8) is 0 Å². The van der Waals surface area contributed by atoms with Crippen molar-refractivity contribution in [1.29, 1.82) is 0 Å². The molecule has 1 aromatic heterocycles. The molecule has 4 nitrogen and oxygen atoms in total. The molecule has 3 aromatic rings. The van der Waals surface area contributed by atoms with Gasteiger partial charge in [-0.3, -0.25) is 4.90 Å². The monoisotopic (exact) mass is 350 g/mol. The maximum Gasteiger partial charge on any atom is 0.119 e. The highest BCUT2D eigenvalue weighted by Crippen LogP contribution is 2.25. The van der Waals surface area contributed by atoms with Gasteiger partial charge in [-0.2, -0.15) is 0 Å². The second-order valence-electron chi connectivity index (χ2n) is 7.36. The second-order valence-corrected chi connectivity index (χ2v) is 7.36. The van der Waals surface area contributed by atoms with Gasteiger partial charge < -0.3 is 14.8 Å². The van der Waals surface area contributed by atoms with Gasteiger partial charge in [-0.05, 0) is 61.0 Å². The lowest BCUT2D eigenvalue weighted by atomic mass is 9.96. The highest BCUT2D eigenvalue weighted by atomic mass is 16.5. The number of aliphatic hydroxyl groups is 1. The summed E-state index contributed by atoms with van der Waals surface area (Å²) in [7, 11) is 0. The lowest BCUT2D eigenvalue weighted by molar-refractivity contribution is -0.0168. The molecule has 0 spiro atoms. The van der Waals surface area contributed by atoms with Crippen molar-refractivity contribution >= 4 is 10.9 Å². The third kappa shape index (κ3) is 4.09. The van der Waals surface area contributed by atoms with Crippen LogP contribution in [0.15, 0.2) is 60.8 Å². The molecule has 1 unspecified atom stereocenters. The molecule has 4 heteroatoms. The van der Waals surface area contributed by atoms with Crippen LogP contribution < -0.4 is 4.74 Å². The largest absolute Gasteiger partial charge is 0.491 e. The third-order valence-electron chi connectivity index (χ3n) is 5.29. The first-order valence-corrected chi connectivity index (χ1v) is 9.39. The molecular weight excluding hydrogens is 324 g/mol. The maximum atomic E-state index is 11.0. The van der Waals surface area contributed by atoms with Gasteiger partial charge in [0.25, 0.3) is 0 Å². The lowest BCUT2D eigenvalue weighted by Crippen LogP contribution is -2.37. The number of aromatic nitrogens is 1. The molecule has 1 aliphatic rings. The second kappa shape index (κ2) is 7.52. The number of likely N-dealkylation sites (tertiary alicyclic amines) is 1. The smallest absolute Gasteiger partial charge is 0.119 e. The van der Waals surface area contributed by atoms with E-state index in [0.717, 1.165) is 44.6 Å². The van der Waals surface area contributed by atoms with Crippen LogP contribution in [-0.4, -0.2) is 40.3 Å². The summed E-state index contributed by atoms with van der Waals surface area (Å²) in [5, 5.41) is 12.2. The highest BCUT2D eigenvalue weighted by Gasteiger charge is 2.31. The number of nitrogens with zero attached hydrogens (tertiary/aromatic N) is 1. The number of H-pyrrole nitrogens is 1. The molecule has 0 amide bonds. The molecule has 0 aliphatic carbocycles. The Labute approximate surface area is 154 Å². The minimum Gasteiger partial charge on any atom is -0.491 e. The number of aromatic amines is 1. The summed E-state index contributed by atoms with van der Waals surface area (Å²) in [5.41, 5.74) is 1.75. The fraction of sp³-hybridized carbons (Fsp3) is 0.364. The van der Waals surface area contributed by atoms with Crippen LogP contribution in [0.3, 0.4) is 0 Å². The Kier molecular flexibility index (Phi) is 4.96. The molecule has 2 aromatic carbocycles. The zero-order chi connectivity index (χ0) is 17.8. The minimum absolute atomic E-state index is 0.360. The first kappa shape index (κ1) is 17.1. The number of benzene rings is 2. The summed E-state index contributed by atoms with van der Waals surface area (Å²) in [6, 6.07) is 18.4. The van der Waals surface area contributed by atoms with Crippen LogP contribution in [0.2, 0.25) is 0 Å². The quantitative estimate of drug-likeness (QED) is 0.732. The third-order valence-corrected chi connectivity index (χ3v) is 5.29. The SMILES string of the molecule is OC1(COc2ccccc2)CCCN(Cc2ccc3cc[nH]c3c2)CC1. The van der Waals surface area contributed by atoms with Crippen LogP contribution in [-0.2, 0) is 6.54 Å². The summed E-state index contributed by atoms with van der Waals surface area (Å²) in [6.07, 6.45) is 4.49. The number of fused-ring (bicyclic) bond motifs is 1. The Balaban J connectivity index is 1.34. The van der Waals surface area contributed by atoms with Crippen molar-refractivity contribution in [2.45, 2.75) is 31.4 Å². The average Bonchev–Trinajstić information content (AvgIpc) is 3.05. The Morgan fingerprint density at radius 3 is 2.81 bits per heavy atom. The van der Waals surface area contributed by atoms with Crippen molar-refractivity contribution in [3.05, 3.63) is 66.4 Å². The van der Waals surface area contributed by atoms with Gasteiger partial charge in [0.1, 0.15) is 12.4 Å².